The van der Waals surface area contributed by atoms with Crippen LogP contribution in [0.2, 0.25) is 0 Å². The Balaban J connectivity index is 2.63. The molecule has 4 atom stereocenters. The molecule has 0 radical (unpaired) electrons. The molecule has 6 heteroatoms. The number of aromatic hydroxyl groups is 1. The second-order valence-corrected chi connectivity index (χ2v) is 6.59. The summed E-state index contributed by atoms with van der Waals surface area (Å²) in [6, 6.07) is 6.02. The van der Waals surface area contributed by atoms with Crippen LogP contribution in [0.15, 0.2) is 73.4 Å². The Morgan fingerprint density at radius 3 is 2.36 bits per heavy atom. The molecule has 0 bridgehead atoms. The van der Waals surface area contributed by atoms with Crippen LogP contribution < -0.4 is 5.73 Å². The molecule has 0 fully saturated rings. The van der Waals surface area contributed by atoms with Crippen molar-refractivity contribution in [2.75, 3.05) is 0 Å². The molecule has 1 aromatic carbocycles. The third-order valence-corrected chi connectivity index (χ3v) is 4.39. The largest absolute Gasteiger partial charge is 0.508 e. The standard InChI is InChI=1S/C22H29NO5/c1-3-6-15(4-2)13-18(22(27)28)20(25)7-5-8-21(26)19(23)14-16-9-11-17(24)12-10-16/h3-7,9-12,18-21,24-26H,1-2,8,13-14,23H2,(H,27,28)/b7-5+,15-6+. The van der Waals surface area contributed by atoms with Gasteiger partial charge in [-0.2, -0.15) is 0 Å². The summed E-state index contributed by atoms with van der Waals surface area (Å²) in [6.07, 6.45) is 6.24. The molecule has 0 aliphatic rings. The second-order valence-electron chi connectivity index (χ2n) is 6.59. The average Bonchev–Trinajstić information content (AvgIpc) is 2.66. The van der Waals surface area contributed by atoms with E-state index in [1.54, 1.807) is 30.3 Å². The number of hydrogen-bond donors (Lipinski definition) is 5. The smallest absolute Gasteiger partial charge is 0.309 e. The molecule has 0 aliphatic carbocycles. The fourth-order valence-electron chi connectivity index (χ4n) is 2.69. The summed E-state index contributed by atoms with van der Waals surface area (Å²) < 4.78 is 0. The van der Waals surface area contributed by atoms with Gasteiger partial charge in [0.15, 0.2) is 0 Å². The zero-order valence-electron chi connectivity index (χ0n) is 15.8. The number of carbonyl (C=O) groups is 1. The van der Waals surface area contributed by atoms with Crippen molar-refractivity contribution in [3.63, 3.8) is 0 Å². The SMILES string of the molecule is C=C/C=C(\C=C)CC(C(=O)O)C(O)/C=C/CC(O)C(N)Cc1ccc(O)cc1. The molecular formula is C22H29NO5. The number of phenols is 1. The molecule has 1 aromatic rings. The van der Waals surface area contributed by atoms with Gasteiger partial charge >= 0.3 is 5.97 Å². The van der Waals surface area contributed by atoms with Crippen LogP contribution in [-0.4, -0.2) is 44.6 Å². The topological polar surface area (TPSA) is 124 Å². The Hall–Kier alpha value is -2.67. The highest BCUT2D eigenvalue weighted by Gasteiger charge is 2.25. The summed E-state index contributed by atoms with van der Waals surface area (Å²) in [5.41, 5.74) is 7.54. The molecule has 152 valence electrons. The van der Waals surface area contributed by atoms with Crippen LogP contribution in [0.3, 0.4) is 0 Å². The van der Waals surface area contributed by atoms with Crippen LogP contribution in [0.25, 0.3) is 0 Å². The van der Waals surface area contributed by atoms with Gasteiger partial charge < -0.3 is 26.2 Å². The van der Waals surface area contributed by atoms with Crippen molar-refractivity contribution in [3.8, 4) is 5.75 Å². The summed E-state index contributed by atoms with van der Waals surface area (Å²) in [5.74, 6) is -2.01. The third-order valence-electron chi connectivity index (χ3n) is 4.39. The second kappa shape index (κ2) is 11.9. The highest BCUT2D eigenvalue weighted by atomic mass is 16.4. The van der Waals surface area contributed by atoms with Gasteiger partial charge in [0.1, 0.15) is 5.75 Å². The monoisotopic (exact) mass is 387 g/mol. The average molecular weight is 387 g/mol. The predicted molar refractivity (Wildman–Crippen MR) is 110 cm³/mol. The summed E-state index contributed by atoms with van der Waals surface area (Å²) in [5, 5.41) is 39.1. The van der Waals surface area contributed by atoms with Crippen LogP contribution in [0, 0.1) is 5.92 Å². The molecule has 4 unspecified atom stereocenters. The van der Waals surface area contributed by atoms with E-state index in [4.69, 9.17) is 5.73 Å². The predicted octanol–water partition coefficient (Wildman–Crippen LogP) is 2.32. The minimum absolute atomic E-state index is 0.110. The van der Waals surface area contributed by atoms with Crippen LogP contribution in [0.5, 0.6) is 5.75 Å². The van der Waals surface area contributed by atoms with Crippen molar-refractivity contribution in [2.45, 2.75) is 37.5 Å². The van der Waals surface area contributed by atoms with Crippen LogP contribution in [0.4, 0.5) is 0 Å². The Morgan fingerprint density at radius 1 is 1.18 bits per heavy atom. The minimum atomic E-state index is -1.22. The highest BCUT2D eigenvalue weighted by Crippen LogP contribution is 2.19. The lowest BCUT2D eigenvalue weighted by Crippen LogP contribution is -2.36. The molecule has 1 rings (SSSR count). The summed E-state index contributed by atoms with van der Waals surface area (Å²) in [7, 11) is 0. The lowest BCUT2D eigenvalue weighted by molar-refractivity contribution is -0.144. The molecule has 0 aromatic heterocycles. The Bertz CT molecular complexity index is 708. The summed E-state index contributed by atoms with van der Waals surface area (Å²) >= 11 is 0. The zero-order chi connectivity index (χ0) is 21.1. The van der Waals surface area contributed by atoms with Crippen molar-refractivity contribution in [3.05, 3.63) is 78.9 Å². The Kier molecular flexibility index (Phi) is 9.95. The molecule has 0 spiro atoms. The van der Waals surface area contributed by atoms with E-state index in [9.17, 15) is 25.2 Å². The van der Waals surface area contributed by atoms with Crippen molar-refractivity contribution in [2.24, 2.45) is 11.7 Å². The zero-order valence-corrected chi connectivity index (χ0v) is 15.8. The first-order valence-electron chi connectivity index (χ1n) is 9.01. The van der Waals surface area contributed by atoms with E-state index >= 15 is 0 Å². The molecule has 0 aliphatic heterocycles. The van der Waals surface area contributed by atoms with E-state index < -0.39 is 30.1 Å². The quantitative estimate of drug-likeness (QED) is 0.277. The first-order chi connectivity index (χ1) is 13.3. The van der Waals surface area contributed by atoms with Crippen molar-refractivity contribution in [1.82, 2.24) is 0 Å². The molecule has 0 heterocycles. The van der Waals surface area contributed by atoms with Crippen molar-refractivity contribution in [1.29, 1.82) is 0 Å². The van der Waals surface area contributed by atoms with E-state index in [1.165, 1.54) is 24.3 Å². The maximum atomic E-state index is 11.5. The van der Waals surface area contributed by atoms with Crippen LogP contribution in [-0.2, 0) is 11.2 Å². The molecule has 0 amide bonds. The van der Waals surface area contributed by atoms with E-state index in [0.717, 1.165) is 5.56 Å². The van der Waals surface area contributed by atoms with E-state index in [0.29, 0.717) is 12.0 Å². The third kappa shape index (κ3) is 7.92. The van der Waals surface area contributed by atoms with E-state index in [2.05, 4.69) is 13.2 Å². The number of phenolic OH excluding ortho intramolecular Hbond substituents is 1. The highest BCUT2D eigenvalue weighted by molar-refractivity contribution is 5.71. The number of nitrogens with two attached hydrogens (primary N) is 1. The van der Waals surface area contributed by atoms with Crippen molar-refractivity contribution < 1.29 is 25.2 Å². The first-order valence-corrected chi connectivity index (χ1v) is 9.01. The van der Waals surface area contributed by atoms with Gasteiger partial charge in [-0.05, 0) is 42.5 Å². The number of rotatable bonds is 12. The van der Waals surface area contributed by atoms with Crippen molar-refractivity contribution >= 4 is 5.97 Å². The van der Waals surface area contributed by atoms with Gasteiger partial charge in [0.25, 0.3) is 0 Å². The fraction of sp³-hybridized carbons (Fsp3) is 0.318. The fourth-order valence-corrected chi connectivity index (χ4v) is 2.69. The minimum Gasteiger partial charge on any atom is -0.508 e. The molecule has 6 nitrogen and oxygen atoms in total. The number of benzene rings is 1. The molecule has 6 N–H and O–H groups in total. The van der Waals surface area contributed by atoms with Gasteiger partial charge in [-0.15, -0.1) is 0 Å². The maximum Gasteiger partial charge on any atom is 0.309 e. The molecule has 0 saturated carbocycles. The number of hydrogen-bond acceptors (Lipinski definition) is 5. The van der Waals surface area contributed by atoms with Crippen LogP contribution in [0.1, 0.15) is 18.4 Å². The first kappa shape index (κ1) is 23.4. The van der Waals surface area contributed by atoms with Gasteiger partial charge in [0.05, 0.1) is 18.1 Å². The number of allylic oxidation sites excluding steroid dienone is 4. The van der Waals surface area contributed by atoms with Crippen LogP contribution >= 0.6 is 0 Å². The summed E-state index contributed by atoms with van der Waals surface area (Å²) in [4.78, 5) is 11.5. The van der Waals surface area contributed by atoms with E-state index in [-0.39, 0.29) is 18.6 Å². The van der Waals surface area contributed by atoms with Gasteiger partial charge in [-0.3, -0.25) is 4.79 Å². The van der Waals surface area contributed by atoms with Gasteiger partial charge in [0, 0.05) is 6.04 Å². The van der Waals surface area contributed by atoms with Gasteiger partial charge in [0.2, 0.25) is 0 Å². The maximum absolute atomic E-state index is 11.5. The van der Waals surface area contributed by atoms with E-state index in [1.807, 2.05) is 0 Å². The number of carboxylic acids is 1. The lowest BCUT2D eigenvalue weighted by atomic mass is 9.92. The van der Waals surface area contributed by atoms with Gasteiger partial charge in [-0.1, -0.05) is 55.7 Å². The molecule has 28 heavy (non-hydrogen) atoms. The lowest BCUT2D eigenvalue weighted by Gasteiger charge is -2.19. The molecule has 0 saturated heterocycles. The summed E-state index contributed by atoms with van der Waals surface area (Å²) in [6.45, 7) is 7.19. The normalized spacial score (nSPS) is 16.3. The number of aliphatic hydroxyl groups excluding tert-OH is 2. The Labute approximate surface area is 165 Å². The Morgan fingerprint density at radius 2 is 1.82 bits per heavy atom. The number of carboxylic acid groups (broad SMARTS) is 1. The van der Waals surface area contributed by atoms with Gasteiger partial charge in [-0.25, -0.2) is 0 Å². The number of aliphatic carboxylic acids is 1. The molecular weight excluding hydrogens is 358 g/mol. The number of aliphatic hydroxyl groups is 2.